The van der Waals surface area contributed by atoms with Gasteiger partial charge in [0.05, 0.1) is 33.0 Å². The minimum absolute atomic E-state index is 0.192. The first kappa shape index (κ1) is 24.6. The molecular weight excluding hydrogens is 412 g/mol. The van der Waals surface area contributed by atoms with Crippen molar-refractivity contribution >= 4 is 0 Å². The van der Waals surface area contributed by atoms with Crippen molar-refractivity contribution in [2.24, 2.45) is 5.73 Å². The molecule has 1 unspecified atom stereocenters. The number of rotatable bonds is 12. The summed E-state index contributed by atoms with van der Waals surface area (Å²) in [5.41, 5.74) is 9.25. The molecule has 0 aliphatic rings. The SMILES string of the molecule is CCCCCC(N)NC(c1ccc(OC)cc1)(c1ccc(OC)cc1)c1ccc(OC)cc1. The Morgan fingerprint density at radius 2 is 1.03 bits per heavy atom. The summed E-state index contributed by atoms with van der Waals surface area (Å²) in [6, 6.07) is 24.5. The van der Waals surface area contributed by atoms with Crippen LogP contribution in [0.2, 0.25) is 0 Å². The van der Waals surface area contributed by atoms with Gasteiger partial charge in [-0.25, -0.2) is 0 Å². The van der Waals surface area contributed by atoms with Crippen LogP contribution in [-0.4, -0.2) is 27.5 Å². The van der Waals surface area contributed by atoms with Gasteiger partial charge in [0.1, 0.15) is 17.2 Å². The second-order valence-corrected chi connectivity index (χ2v) is 8.18. The van der Waals surface area contributed by atoms with E-state index >= 15 is 0 Å². The van der Waals surface area contributed by atoms with Crippen LogP contribution in [0.3, 0.4) is 0 Å². The lowest BCUT2D eigenvalue weighted by Gasteiger charge is -2.39. The fourth-order valence-electron chi connectivity index (χ4n) is 4.24. The van der Waals surface area contributed by atoms with Gasteiger partial charge >= 0.3 is 0 Å². The Bertz CT molecular complexity index is 854. The second-order valence-electron chi connectivity index (χ2n) is 8.18. The van der Waals surface area contributed by atoms with Crippen LogP contribution >= 0.6 is 0 Å². The Morgan fingerprint density at radius 3 is 1.33 bits per heavy atom. The molecule has 5 nitrogen and oxygen atoms in total. The maximum Gasteiger partial charge on any atom is 0.118 e. The summed E-state index contributed by atoms with van der Waals surface area (Å²) in [6.07, 6.45) is 4.10. The minimum atomic E-state index is -0.670. The molecule has 0 radical (unpaired) electrons. The fourth-order valence-corrected chi connectivity index (χ4v) is 4.24. The molecule has 0 spiro atoms. The lowest BCUT2D eigenvalue weighted by molar-refractivity contribution is 0.368. The molecule has 0 heterocycles. The molecule has 33 heavy (non-hydrogen) atoms. The lowest BCUT2D eigenvalue weighted by atomic mass is 9.76. The molecule has 3 aromatic rings. The van der Waals surface area contributed by atoms with Crippen LogP contribution in [0.1, 0.15) is 49.3 Å². The van der Waals surface area contributed by atoms with Gasteiger partial charge in [0.15, 0.2) is 0 Å². The number of ether oxygens (including phenoxy) is 3. The van der Waals surface area contributed by atoms with Crippen LogP contribution < -0.4 is 25.3 Å². The average Bonchev–Trinajstić information content (AvgIpc) is 2.88. The van der Waals surface area contributed by atoms with Crippen LogP contribution in [0.4, 0.5) is 0 Å². The molecule has 1 atom stereocenters. The van der Waals surface area contributed by atoms with Crippen molar-refractivity contribution in [2.45, 2.75) is 44.3 Å². The van der Waals surface area contributed by atoms with Gasteiger partial charge in [-0.1, -0.05) is 62.6 Å². The van der Waals surface area contributed by atoms with Gasteiger partial charge < -0.3 is 19.9 Å². The molecule has 0 aromatic heterocycles. The van der Waals surface area contributed by atoms with E-state index in [0.717, 1.165) is 59.6 Å². The molecule has 0 saturated carbocycles. The number of unbranched alkanes of at least 4 members (excludes halogenated alkanes) is 2. The van der Waals surface area contributed by atoms with Gasteiger partial charge in [-0.05, 0) is 59.5 Å². The summed E-state index contributed by atoms with van der Waals surface area (Å²) >= 11 is 0. The minimum Gasteiger partial charge on any atom is -0.497 e. The highest BCUT2D eigenvalue weighted by Gasteiger charge is 2.37. The molecule has 3 rings (SSSR count). The van der Waals surface area contributed by atoms with Crippen LogP contribution in [0.25, 0.3) is 0 Å². The summed E-state index contributed by atoms with van der Waals surface area (Å²) in [7, 11) is 5.03. The van der Waals surface area contributed by atoms with E-state index < -0.39 is 5.54 Å². The number of hydrogen-bond acceptors (Lipinski definition) is 5. The third kappa shape index (κ3) is 5.67. The molecule has 3 N–H and O–H groups in total. The molecule has 5 heteroatoms. The van der Waals surface area contributed by atoms with E-state index in [-0.39, 0.29) is 6.17 Å². The topological polar surface area (TPSA) is 65.7 Å². The summed E-state index contributed by atoms with van der Waals surface area (Å²) in [6.45, 7) is 2.20. The van der Waals surface area contributed by atoms with Crippen molar-refractivity contribution in [2.75, 3.05) is 21.3 Å². The maximum absolute atomic E-state index is 6.70. The van der Waals surface area contributed by atoms with Crippen molar-refractivity contribution in [1.29, 1.82) is 0 Å². The van der Waals surface area contributed by atoms with Crippen molar-refractivity contribution in [3.63, 3.8) is 0 Å². The van der Waals surface area contributed by atoms with Crippen molar-refractivity contribution in [1.82, 2.24) is 5.32 Å². The Balaban J connectivity index is 2.18. The Kier molecular flexibility index (Phi) is 8.75. The highest BCUT2D eigenvalue weighted by atomic mass is 16.5. The fraction of sp³-hybridized carbons (Fsp3) is 0.357. The number of benzene rings is 3. The van der Waals surface area contributed by atoms with Gasteiger partial charge in [-0.3, -0.25) is 5.32 Å². The van der Waals surface area contributed by atoms with E-state index in [9.17, 15) is 0 Å². The van der Waals surface area contributed by atoms with Crippen LogP contribution in [0, 0.1) is 0 Å². The van der Waals surface area contributed by atoms with Crippen molar-refractivity contribution in [3.05, 3.63) is 89.5 Å². The van der Waals surface area contributed by atoms with E-state index in [0.29, 0.717) is 0 Å². The standard InChI is InChI=1S/C28H36N2O3/c1-5-6-7-8-27(29)30-28(21-9-15-24(31-2)16-10-21,22-11-17-25(32-3)18-12-22)23-13-19-26(33-4)20-14-23/h9-20,27,30H,5-8,29H2,1-4H3. The van der Waals surface area contributed by atoms with Crippen LogP contribution in [0.15, 0.2) is 72.8 Å². The average molecular weight is 449 g/mol. The highest BCUT2D eigenvalue weighted by molar-refractivity contribution is 5.52. The maximum atomic E-state index is 6.70. The normalized spacial score (nSPS) is 12.3. The van der Waals surface area contributed by atoms with E-state index in [4.69, 9.17) is 19.9 Å². The molecule has 0 aliphatic carbocycles. The van der Waals surface area contributed by atoms with Crippen molar-refractivity contribution < 1.29 is 14.2 Å². The number of nitrogens with one attached hydrogen (secondary N) is 1. The Morgan fingerprint density at radius 1 is 0.667 bits per heavy atom. The van der Waals surface area contributed by atoms with E-state index in [1.54, 1.807) is 21.3 Å². The zero-order valence-corrected chi connectivity index (χ0v) is 20.1. The molecule has 3 aromatic carbocycles. The van der Waals surface area contributed by atoms with Crippen molar-refractivity contribution in [3.8, 4) is 17.2 Å². The predicted molar refractivity (Wildman–Crippen MR) is 134 cm³/mol. The van der Waals surface area contributed by atoms with E-state index in [1.165, 1.54) is 0 Å². The zero-order chi connectivity index (χ0) is 23.7. The first-order valence-corrected chi connectivity index (χ1v) is 11.5. The number of methoxy groups -OCH3 is 3. The third-order valence-corrected chi connectivity index (χ3v) is 6.09. The number of nitrogens with two attached hydrogens (primary N) is 1. The van der Waals surface area contributed by atoms with E-state index in [1.807, 2.05) is 36.4 Å². The van der Waals surface area contributed by atoms with Crippen LogP contribution in [-0.2, 0) is 5.54 Å². The molecule has 176 valence electrons. The Hall–Kier alpha value is -3.02. The van der Waals surface area contributed by atoms with E-state index in [2.05, 4.69) is 48.6 Å². The van der Waals surface area contributed by atoms with Gasteiger partial charge in [-0.2, -0.15) is 0 Å². The summed E-state index contributed by atoms with van der Waals surface area (Å²) < 4.78 is 16.3. The van der Waals surface area contributed by atoms with Gasteiger partial charge in [-0.15, -0.1) is 0 Å². The summed E-state index contributed by atoms with van der Waals surface area (Å²) in [5.74, 6) is 2.43. The lowest BCUT2D eigenvalue weighted by Crippen LogP contribution is -2.53. The van der Waals surface area contributed by atoms with Gasteiger partial charge in [0.25, 0.3) is 0 Å². The Labute approximate surface area is 197 Å². The smallest absolute Gasteiger partial charge is 0.118 e. The molecular formula is C28H36N2O3. The third-order valence-electron chi connectivity index (χ3n) is 6.09. The van der Waals surface area contributed by atoms with Gasteiger partial charge in [0.2, 0.25) is 0 Å². The first-order valence-electron chi connectivity index (χ1n) is 11.5. The molecule has 0 fully saturated rings. The quantitative estimate of drug-likeness (QED) is 0.219. The zero-order valence-electron chi connectivity index (χ0n) is 20.1. The highest BCUT2D eigenvalue weighted by Crippen LogP contribution is 2.39. The molecule has 0 bridgehead atoms. The monoisotopic (exact) mass is 448 g/mol. The number of hydrogen-bond donors (Lipinski definition) is 2. The second kappa shape index (κ2) is 11.7. The largest absolute Gasteiger partial charge is 0.497 e. The van der Waals surface area contributed by atoms with Gasteiger partial charge in [0, 0.05) is 0 Å². The summed E-state index contributed by atoms with van der Waals surface area (Å²) in [4.78, 5) is 0. The molecule has 0 amide bonds. The molecule has 0 saturated heterocycles. The predicted octanol–water partition coefficient (Wildman–Crippen LogP) is 5.46. The summed E-state index contributed by atoms with van der Waals surface area (Å²) in [5, 5.41) is 3.81. The van der Waals surface area contributed by atoms with Crippen LogP contribution in [0.5, 0.6) is 17.2 Å². The first-order chi connectivity index (χ1) is 16.1. The molecule has 0 aliphatic heterocycles.